The van der Waals surface area contributed by atoms with Crippen molar-refractivity contribution < 1.29 is 29.9 Å². The second-order valence-corrected chi connectivity index (χ2v) is 15.2. The number of methoxy groups -OCH3 is 1. The van der Waals surface area contributed by atoms with Gasteiger partial charge in [0.1, 0.15) is 11.6 Å². The Bertz CT molecular complexity index is 2360. The molecule has 0 fully saturated rings. The monoisotopic (exact) mass is 780 g/mol. The molecule has 7 rings (SSSR count). The molecule has 268 valence electrons. The van der Waals surface area contributed by atoms with Crippen LogP contribution in [0, 0.1) is 12.1 Å². The van der Waals surface area contributed by atoms with Crippen molar-refractivity contribution in [2.75, 3.05) is 7.11 Å². The first kappa shape index (κ1) is 37.1. The third-order valence-corrected chi connectivity index (χ3v) is 9.96. The summed E-state index contributed by atoms with van der Waals surface area (Å²) >= 11 is 0. The quantitative estimate of drug-likeness (QED) is 0.108. The van der Waals surface area contributed by atoms with E-state index in [9.17, 15) is 0 Å². The fraction of sp³-hybridized carbons (Fsp3) is 0.289. The summed E-state index contributed by atoms with van der Waals surface area (Å²) in [6.07, 6.45) is 2.71. The van der Waals surface area contributed by atoms with Crippen molar-refractivity contribution in [1.29, 1.82) is 0 Å². The largest absolute Gasteiger partial charge is 2.00 e. The Morgan fingerprint density at radius 3 is 2.23 bits per heavy atom. The van der Waals surface area contributed by atoms with E-state index in [0.29, 0.717) is 11.5 Å². The molecule has 0 spiro atoms. The van der Waals surface area contributed by atoms with E-state index in [1.807, 2.05) is 36.4 Å². The van der Waals surface area contributed by atoms with Crippen molar-refractivity contribution in [3.63, 3.8) is 0 Å². The van der Waals surface area contributed by atoms with Crippen molar-refractivity contribution in [2.24, 2.45) is 0 Å². The average Bonchev–Trinajstić information content (AvgIpc) is 3.69. The van der Waals surface area contributed by atoms with E-state index in [-0.39, 0.29) is 37.2 Å². The van der Waals surface area contributed by atoms with Gasteiger partial charge in [0.25, 0.3) is 0 Å². The third-order valence-electron chi connectivity index (χ3n) is 9.96. The van der Waals surface area contributed by atoms with Crippen LogP contribution in [0.3, 0.4) is 0 Å². The number of pyridine rings is 1. The number of hydrogen-bond donors (Lipinski definition) is 0. The first-order valence-electron chi connectivity index (χ1n) is 17.8. The fourth-order valence-electron chi connectivity index (χ4n) is 6.79. The van der Waals surface area contributed by atoms with Gasteiger partial charge in [-0.3, -0.25) is 4.68 Å². The Morgan fingerprint density at radius 2 is 1.54 bits per heavy atom. The van der Waals surface area contributed by atoms with E-state index < -0.39 is 0 Å². The number of rotatable bonds is 9. The van der Waals surface area contributed by atoms with Gasteiger partial charge in [0.05, 0.1) is 18.5 Å². The number of fused-ring (bicyclic) bond motifs is 3. The summed E-state index contributed by atoms with van der Waals surface area (Å²) in [6, 6.07) is 38.3. The zero-order valence-electron chi connectivity index (χ0n) is 31.4. The number of aromatic nitrogens is 4. The molecular weight excluding hydrogens is 735 g/mol. The minimum absolute atomic E-state index is 0. The molecule has 0 amide bonds. The molecule has 7 heteroatoms. The van der Waals surface area contributed by atoms with Crippen LogP contribution in [0.15, 0.2) is 97.2 Å². The molecule has 4 aromatic carbocycles. The zero-order valence-corrected chi connectivity index (χ0v) is 33.0. The Kier molecular flexibility index (Phi) is 10.2. The molecule has 0 aliphatic carbocycles. The number of ether oxygens (including phenoxy) is 2. The molecule has 0 radical (unpaired) electrons. The van der Waals surface area contributed by atoms with Crippen LogP contribution in [0.4, 0.5) is 0 Å². The molecule has 52 heavy (non-hydrogen) atoms. The van der Waals surface area contributed by atoms with Crippen molar-refractivity contribution in [3.8, 4) is 39.9 Å². The van der Waals surface area contributed by atoms with Crippen LogP contribution in [-0.2, 0) is 31.3 Å². The molecule has 3 aromatic heterocycles. The minimum Gasteiger partial charge on any atom is -0.509 e. The Labute approximate surface area is 321 Å². The Morgan fingerprint density at radius 1 is 0.808 bits per heavy atom. The molecule has 7 aromatic rings. The number of para-hydroxylation sites is 1. The van der Waals surface area contributed by atoms with Gasteiger partial charge in [0.15, 0.2) is 0 Å². The summed E-state index contributed by atoms with van der Waals surface area (Å²) in [5.41, 5.74) is 8.60. The topological polar surface area (TPSA) is 54.1 Å². The van der Waals surface area contributed by atoms with Crippen molar-refractivity contribution >= 4 is 21.8 Å². The zero-order chi connectivity index (χ0) is 36.1. The van der Waals surface area contributed by atoms with Crippen LogP contribution >= 0.6 is 0 Å². The smallest absolute Gasteiger partial charge is 0.509 e. The summed E-state index contributed by atoms with van der Waals surface area (Å²) in [7, 11) is 1.66. The van der Waals surface area contributed by atoms with E-state index in [1.54, 1.807) is 13.3 Å². The van der Waals surface area contributed by atoms with E-state index in [2.05, 4.69) is 136 Å². The van der Waals surface area contributed by atoms with Gasteiger partial charge >= 0.3 is 20.4 Å². The van der Waals surface area contributed by atoms with Crippen molar-refractivity contribution in [3.05, 3.63) is 126 Å². The standard InChI is InChI=1S/C45H46N4O2.Pd/c1-10-45(7,8)43-41(30-18-20-31(21-19-30)44(4,5)6)42(29(2)3)47-49(43)32-14-13-15-34(26-32)51-35-22-23-37-36-16-11-12-17-38(36)48(39(37)27-35)40-28-33(50-9)24-25-46-40;/h11-25,28-29H,10H2,1-9H3;/q-2;+2. The molecule has 0 saturated carbocycles. The summed E-state index contributed by atoms with van der Waals surface area (Å²) in [5.74, 6) is 2.88. The van der Waals surface area contributed by atoms with E-state index in [0.717, 1.165) is 51.2 Å². The summed E-state index contributed by atoms with van der Waals surface area (Å²) in [6.45, 7) is 18.1. The Hall–Kier alpha value is -4.70. The predicted molar refractivity (Wildman–Crippen MR) is 208 cm³/mol. The molecular formula is C45H46N4O2Pd. The maximum absolute atomic E-state index is 6.54. The summed E-state index contributed by atoms with van der Waals surface area (Å²) < 4.78 is 16.3. The molecule has 0 atom stereocenters. The SMILES string of the molecule is CCC(C)(C)c1c(-c2ccc(C(C)(C)C)cc2)c(C(C)C)nn1-c1[c-]c(Oc2[c-]c3c(cc2)c2ccccc2n3-c2cc(OC)ccn2)ccc1.[Pd+2]. The molecule has 6 nitrogen and oxygen atoms in total. The van der Waals surface area contributed by atoms with E-state index >= 15 is 0 Å². The van der Waals surface area contributed by atoms with Crippen LogP contribution in [0.1, 0.15) is 84.7 Å². The second-order valence-electron chi connectivity index (χ2n) is 15.2. The maximum Gasteiger partial charge on any atom is 2.00 e. The number of hydrogen-bond acceptors (Lipinski definition) is 4. The van der Waals surface area contributed by atoms with Crippen molar-refractivity contribution in [2.45, 2.75) is 78.6 Å². The molecule has 0 N–H and O–H groups in total. The van der Waals surface area contributed by atoms with Crippen LogP contribution in [-0.4, -0.2) is 26.4 Å². The first-order valence-corrected chi connectivity index (χ1v) is 17.8. The van der Waals surface area contributed by atoms with Gasteiger partial charge in [-0.1, -0.05) is 103 Å². The Balaban J connectivity index is 0.00000464. The van der Waals surface area contributed by atoms with Crippen LogP contribution in [0.25, 0.3) is 44.4 Å². The van der Waals surface area contributed by atoms with Gasteiger partial charge < -0.3 is 14.0 Å². The summed E-state index contributed by atoms with van der Waals surface area (Å²) in [5, 5.41) is 7.49. The van der Waals surface area contributed by atoms with E-state index in [1.165, 1.54) is 22.4 Å². The molecule has 0 saturated heterocycles. The second kappa shape index (κ2) is 14.4. The van der Waals surface area contributed by atoms with Gasteiger partial charge in [-0.15, -0.1) is 35.7 Å². The fourth-order valence-corrected chi connectivity index (χ4v) is 6.79. The molecule has 3 heterocycles. The van der Waals surface area contributed by atoms with Gasteiger partial charge in [-0.25, -0.2) is 4.98 Å². The van der Waals surface area contributed by atoms with Gasteiger partial charge in [-0.2, -0.15) is 17.2 Å². The molecule has 0 aliphatic heterocycles. The average molecular weight is 781 g/mol. The maximum atomic E-state index is 6.54. The van der Waals surface area contributed by atoms with Crippen LogP contribution < -0.4 is 9.47 Å². The molecule has 0 bridgehead atoms. The number of benzene rings is 4. The normalized spacial score (nSPS) is 12.0. The van der Waals surface area contributed by atoms with Gasteiger partial charge in [-0.05, 0) is 52.1 Å². The predicted octanol–water partition coefficient (Wildman–Crippen LogP) is 11.5. The van der Waals surface area contributed by atoms with Crippen molar-refractivity contribution in [1.82, 2.24) is 19.3 Å². The third kappa shape index (κ3) is 6.81. The number of nitrogens with zero attached hydrogens (tertiary/aromatic N) is 4. The van der Waals surface area contributed by atoms with Gasteiger partial charge in [0, 0.05) is 40.3 Å². The van der Waals surface area contributed by atoms with Crippen LogP contribution in [0.2, 0.25) is 0 Å². The molecule has 0 unspecified atom stereocenters. The first-order chi connectivity index (χ1) is 24.4. The van der Waals surface area contributed by atoms with Gasteiger partial charge in [0.2, 0.25) is 0 Å². The van der Waals surface area contributed by atoms with Crippen LogP contribution in [0.5, 0.6) is 17.2 Å². The summed E-state index contributed by atoms with van der Waals surface area (Å²) in [4.78, 5) is 4.69. The molecule has 0 aliphatic rings. The minimum atomic E-state index is -0.163. The van der Waals surface area contributed by atoms with E-state index in [4.69, 9.17) is 14.6 Å².